The van der Waals surface area contributed by atoms with Gasteiger partial charge in [0.25, 0.3) is 0 Å². The highest BCUT2D eigenvalue weighted by Gasteiger charge is 2.48. The predicted molar refractivity (Wildman–Crippen MR) is 324 cm³/mol. The predicted octanol–water partition coefficient (Wildman–Crippen LogP) is 12.7. The fourth-order valence-corrected chi connectivity index (χ4v) is 13.7. The van der Waals surface area contributed by atoms with E-state index in [1.807, 2.05) is 0 Å². The van der Waals surface area contributed by atoms with E-state index in [0.29, 0.717) is 40.6 Å². The summed E-state index contributed by atoms with van der Waals surface area (Å²) >= 11 is 12.2. The normalized spacial score (nSPS) is 21.0. The first-order chi connectivity index (χ1) is 36.6. The van der Waals surface area contributed by atoms with Crippen molar-refractivity contribution < 1.29 is 28.5 Å². The molecule has 0 bridgehead atoms. The number of piperidine rings is 2. The fraction of sp³-hybridized carbons (Fsp3) is 0.571. The molecule has 1 saturated carbocycles. The summed E-state index contributed by atoms with van der Waals surface area (Å²) in [7, 11) is 0.529. The Kier molecular flexibility index (Phi) is 20.3. The van der Waals surface area contributed by atoms with Crippen molar-refractivity contribution in [3.63, 3.8) is 0 Å². The number of esters is 2. The minimum Gasteiger partial charge on any atom is -0.465 e. The molecule has 9 heterocycles. The van der Waals surface area contributed by atoms with Crippen LogP contribution in [0, 0.1) is 22.7 Å². The molecule has 0 aromatic carbocycles. The quantitative estimate of drug-likeness (QED) is 0.0412. The Balaban J connectivity index is 0.000000191. The second kappa shape index (κ2) is 25.9. The third kappa shape index (κ3) is 14.7. The lowest BCUT2D eigenvalue weighted by Crippen LogP contribution is -2.47. The smallest absolute Gasteiger partial charge is 0.341 e. The first-order valence-corrected chi connectivity index (χ1v) is 36.1. The van der Waals surface area contributed by atoms with Crippen molar-refractivity contribution in [2.24, 2.45) is 22.7 Å². The molecule has 4 fully saturated rings. The average molecular weight is 1250 g/mol. The van der Waals surface area contributed by atoms with Gasteiger partial charge in [-0.15, -0.1) is 0 Å². The number of hydrogen-bond donors (Lipinski definition) is 0. The summed E-state index contributed by atoms with van der Waals surface area (Å²) in [6.07, 6.45) is 17.3. The van der Waals surface area contributed by atoms with Crippen LogP contribution < -0.4 is 14.7 Å². The number of carbonyl (C=O) groups is 2. The number of carbonyl (C=O) groups excluding carboxylic acids is 2. The van der Waals surface area contributed by atoms with E-state index in [1.54, 1.807) is 31.0 Å². The zero-order valence-electron chi connectivity index (χ0n) is 46.5. The molecule has 0 amide bonds. The average Bonchev–Trinajstić information content (AvgIpc) is 4.36. The van der Waals surface area contributed by atoms with Crippen LogP contribution in [-0.4, -0.2) is 134 Å². The molecule has 0 radical (unpaired) electrons. The summed E-state index contributed by atoms with van der Waals surface area (Å²) in [6.45, 7) is 27.5. The molecule has 17 nitrogen and oxygen atoms in total. The van der Waals surface area contributed by atoms with Gasteiger partial charge in [-0.05, 0) is 111 Å². The van der Waals surface area contributed by atoms with E-state index in [2.05, 4.69) is 163 Å². The van der Waals surface area contributed by atoms with Gasteiger partial charge in [-0.25, -0.2) is 39.5 Å². The second-order valence-corrected chi connectivity index (χ2v) is 37.5. The van der Waals surface area contributed by atoms with Gasteiger partial charge in [-0.1, -0.05) is 78.6 Å². The van der Waals surface area contributed by atoms with Crippen LogP contribution >= 0.6 is 43.5 Å². The van der Waals surface area contributed by atoms with Gasteiger partial charge in [0.15, 0.2) is 0 Å². The highest BCUT2D eigenvalue weighted by atomic mass is 79.9. The van der Waals surface area contributed by atoms with Crippen molar-refractivity contribution in [3.05, 3.63) is 86.9 Å². The van der Waals surface area contributed by atoms with Crippen LogP contribution in [0.5, 0.6) is 0 Å². The summed E-state index contributed by atoms with van der Waals surface area (Å²) in [5.74, 6) is 3.31. The SMILES string of the molecule is C.COC(=O)c1cc(Br)cnc1Cl.COC(=O)c1cc(Br)cnc1N1C[C@H]2CCN(c3ncnc4c3ccn4COCC[Si](C)(C)C)C[C@@]2(C)C1.C[C@]12CCC[C@H]1CCN(c1ncnc3c1ccn3COCC[Si](C)(C)C)C2. The monoisotopic (exact) mass is 1250 g/mol. The summed E-state index contributed by atoms with van der Waals surface area (Å²) in [5, 5.41) is 2.36. The van der Waals surface area contributed by atoms with Crippen molar-refractivity contribution in [3.8, 4) is 0 Å². The van der Waals surface area contributed by atoms with Gasteiger partial charge in [-0.2, -0.15) is 0 Å². The minimum absolute atomic E-state index is 0. The van der Waals surface area contributed by atoms with Crippen molar-refractivity contribution in [1.29, 1.82) is 0 Å². The van der Waals surface area contributed by atoms with Gasteiger partial charge in [-0.3, -0.25) is 0 Å². The van der Waals surface area contributed by atoms with Crippen molar-refractivity contribution in [2.75, 3.05) is 81.4 Å². The Morgan fingerprint density at radius 1 is 0.654 bits per heavy atom. The first-order valence-electron chi connectivity index (χ1n) is 26.7. The Morgan fingerprint density at radius 2 is 1.14 bits per heavy atom. The van der Waals surface area contributed by atoms with Gasteiger partial charge >= 0.3 is 11.9 Å². The number of rotatable bonds is 15. The zero-order chi connectivity index (χ0) is 55.3. The molecule has 4 aliphatic rings. The lowest BCUT2D eigenvalue weighted by molar-refractivity contribution is 0.0591. The molecule has 3 aliphatic heterocycles. The highest BCUT2D eigenvalue weighted by molar-refractivity contribution is 9.10. The van der Waals surface area contributed by atoms with Crippen molar-refractivity contribution >= 4 is 111 Å². The highest BCUT2D eigenvalue weighted by Crippen LogP contribution is 2.49. The lowest BCUT2D eigenvalue weighted by atomic mass is 9.75. The number of aromatic nitrogens is 8. The Hall–Kier alpha value is -4.52. The Morgan fingerprint density at radius 3 is 1.68 bits per heavy atom. The molecule has 4 atom stereocenters. The molecule has 0 unspecified atom stereocenters. The molecule has 6 aromatic heterocycles. The van der Waals surface area contributed by atoms with Crippen LogP contribution in [0.1, 0.15) is 74.1 Å². The van der Waals surface area contributed by atoms with Gasteiger partial charge in [0.05, 0.1) is 30.6 Å². The number of fused-ring (bicyclic) bond motifs is 4. The molecule has 10 rings (SSSR count). The molecule has 22 heteroatoms. The summed E-state index contributed by atoms with van der Waals surface area (Å²) in [6, 6.07) is 9.96. The van der Waals surface area contributed by atoms with Crippen LogP contribution in [-0.2, 0) is 32.4 Å². The maximum atomic E-state index is 12.5. The van der Waals surface area contributed by atoms with E-state index in [1.165, 1.54) is 52.1 Å². The number of anilines is 3. The van der Waals surface area contributed by atoms with Gasteiger partial charge < -0.3 is 42.8 Å². The first kappa shape index (κ1) is 61.1. The van der Waals surface area contributed by atoms with Crippen LogP contribution in [0.3, 0.4) is 0 Å². The van der Waals surface area contributed by atoms with E-state index >= 15 is 0 Å². The van der Waals surface area contributed by atoms with Gasteiger partial charge in [0.1, 0.15) is 65.6 Å². The van der Waals surface area contributed by atoms with E-state index in [4.69, 9.17) is 30.8 Å². The number of nitrogens with zero attached hydrogens (tertiary/aromatic N) is 11. The molecule has 78 heavy (non-hydrogen) atoms. The van der Waals surface area contributed by atoms with Crippen molar-refractivity contribution in [1.82, 2.24) is 39.0 Å². The Bertz CT molecular complexity index is 3030. The molecule has 424 valence electrons. The molecular weight excluding hydrogens is 1170 g/mol. The van der Waals surface area contributed by atoms with Crippen LogP contribution in [0.4, 0.5) is 17.5 Å². The summed E-state index contributed by atoms with van der Waals surface area (Å²) in [4.78, 5) is 57.6. The number of methoxy groups -OCH3 is 2. The minimum atomic E-state index is -1.12. The maximum Gasteiger partial charge on any atom is 0.341 e. The number of pyridine rings is 2. The van der Waals surface area contributed by atoms with E-state index in [0.717, 1.165) is 109 Å². The zero-order valence-corrected chi connectivity index (χ0v) is 52.4. The molecule has 1 aliphatic carbocycles. The third-order valence-corrected chi connectivity index (χ3v) is 20.3. The molecule has 0 N–H and O–H groups in total. The molecule has 0 spiro atoms. The molecular formula is C56H80Br2ClN11O6Si2. The number of hydrogen-bond acceptors (Lipinski definition) is 15. The van der Waals surface area contributed by atoms with E-state index in [9.17, 15) is 9.59 Å². The number of halogens is 3. The summed E-state index contributed by atoms with van der Waals surface area (Å²) < 4.78 is 27.1. The molecule has 3 saturated heterocycles. The third-order valence-electron chi connectivity index (χ3n) is 15.7. The topological polar surface area (TPSA) is 168 Å². The van der Waals surface area contributed by atoms with E-state index < -0.39 is 22.1 Å². The molecule has 6 aromatic rings. The standard InChI is InChI=1S/C27H37BrN6O3Si.C21H34N4OSi.C7H5BrClNO2.CH4/c1-27-15-32(23-21-7-9-33(24(21)31-17-30-23)18-37-10-11-38(3,4)5)8-6-19(27)14-34(16-27)25-22(26(35)36-2)12-20(28)13-29-25;1-21-9-5-6-17(21)7-10-24(14-21)19-18-8-11-25(20(18)23-15-22-19)16-26-12-13-27(2,3)4;1-12-7(11)5-2-4(8)3-10-6(5)9;/h7,9,12-13,17,19H,6,8,10-11,14-16,18H2,1-5H3;8,11,15,17H,5-7,9-10,12-14,16H2,1-4H3;2-3H,1H3;1H4/t19-,27+;17-,21+;;/m10../s1. The van der Waals surface area contributed by atoms with E-state index in [-0.39, 0.29) is 29.5 Å². The maximum absolute atomic E-state index is 12.5. The van der Waals surface area contributed by atoms with Crippen LogP contribution in [0.15, 0.2) is 70.7 Å². The second-order valence-electron chi connectivity index (χ2n) is 24.0. The van der Waals surface area contributed by atoms with Crippen molar-refractivity contribution in [2.45, 2.75) is 118 Å². The fourth-order valence-electron chi connectivity index (χ4n) is 11.3. The summed E-state index contributed by atoms with van der Waals surface area (Å²) in [5.41, 5.74) is 3.13. The van der Waals surface area contributed by atoms with Crippen LogP contribution in [0.25, 0.3) is 22.1 Å². The largest absolute Gasteiger partial charge is 0.465 e. The lowest BCUT2D eigenvalue weighted by Gasteiger charge is -2.43. The number of ether oxygens (including phenoxy) is 4. The van der Waals surface area contributed by atoms with Gasteiger partial charge in [0, 0.05) is 108 Å². The van der Waals surface area contributed by atoms with Crippen LogP contribution in [0.2, 0.25) is 56.5 Å². The Labute approximate surface area is 484 Å². The van der Waals surface area contributed by atoms with Gasteiger partial charge in [0.2, 0.25) is 0 Å².